The fourth-order valence-electron chi connectivity index (χ4n) is 2.69. The summed E-state index contributed by atoms with van der Waals surface area (Å²) < 4.78 is 0. The van der Waals surface area contributed by atoms with Crippen molar-refractivity contribution in [2.45, 2.75) is 34.1 Å². The van der Waals surface area contributed by atoms with E-state index in [1.54, 1.807) is 0 Å². The van der Waals surface area contributed by atoms with Crippen LogP contribution in [-0.4, -0.2) is 17.4 Å². The molecule has 1 aliphatic rings. The summed E-state index contributed by atoms with van der Waals surface area (Å²) in [5, 5.41) is 5.35. The van der Waals surface area contributed by atoms with E-state index < -0.39 is 0 Å². The van der Waals surface area contributed by atoms with Gasteiger partial charge < -0.3 is 11.1 Å². The van der Waals surface area contributed by atoms with E-state index >= 15 is 0 Å². The first-order valence-electron chi connectivity index (χ1n) is 6.21. The van der Waals surface area contributed by atoms with Crippen molar-refractivity contribution in [2.24, 2.45) is 16.7 Å². The summed E-state index contributed by atoms with van der Waals surface area (Å²) >= 11 is 1.37. The molecular weight excluding hydrogens is 246 g/mol. The quantitative estimate of drug-likeness (QED) is 0.877. The number of nitrogens with two attached hydrogens (primary N) is 1. The molecule has 100 valence electrons. The topological polar surface area (TPSA) is 68.0 Å². The van der Waals surface area contributed by atoms with Crippen molar-refractivity contribution in [3.8, 4) is 0 Å². The van der Waals surface area contributed by atoms with Crippen LogP contribution in [-0.2, 0) is 11.2 Å². The zero-order valence-electron chi connectivity index (χ0n) is 11.4. The lowest BCUT2D eigenvalue weighted by Crippen LogP contribution is -2.28. The van der Waals surface area contributed by atoms with Gasteiger partial charge in [-0.2, -0.15) is 0 Å². The molecule has 0 bridgehead atoms. The second-order valence-corrected chi connectivity index (χ2v) is 7.04. The third kappa shape index (κ3) is 2.23. The molecule has 18 heavy (non-hydrogen) atoms. The highest BCUT2D eigenvalue weighted by Crippen LogP contribution is 2.67. The molecule has 0 unspecified atom stereocenters. The van der Waals surface area contributed by atoms with Crippen molar-refractivity contribution in [1.29, 1.82) is 0 Å². The Hall–Kier alpha value is -1.10. The lowest BCUT2D eigenvalue weighted by molar-refractivity contribution is -0.120. The van der Waals surface area contributed by atoms with E-state index in [1.807, 2.05) is 5.38 Å². The fraction of sp³-hybridized carbons (Fsp3) is 0.692. The molecule has 0 saturated heterocycles. The Morgan fingerprint density at radius 3 is 2.50 bits per heavy atom. The number of thiazole rings is 1. The molecule has 1 aliphatic carbocycles. The summed E-state index contributed by atoms with van der Waals surface area (Å²) in [6.45, 7) is 9.77. The van der Waals surface area contributed by atoms with E-state index in [2.05, 4.69) is 38.0 Å². The van der Waals surface area contributed by atoms with Crippen LogP contribution in [0.15, 0.2) is 5.38 Å². The second-order valence-electron chi connectivity index (χ2n) is 6.15. The Bertz CT molecular complexity index is 451. The van der Waals surface area contributed by atoms with Gasteiger partial charge in [-0.3, -0.25) is 4.79 Å². The number of aromatic nitrogens is 1. The maximum absolute atomic E-state index is 11.8. The number of nitrogens with one attached hydrogen (secondary N) is 1. The van der Waals surface area contributed by atoms with E-state index in [0.29, 0.717) is 28.3 Å². The van der Waals surface area contributed by atoms with E-state index in [0.717, 1.165) is 12.2 Å². The van der Waals surface area contributed by atoms with Crippen LogP contribution in [0.1, 0.15) is 33.4 Å². The first-order chi connectivity index (χ1) is 8.25. The molecule has 0 aromatic carbocycles. The van der Waals surface area contributed by atoms with Crippen molar-refractivity contribution in [2.75, 3.05) is 12.3 Å². The van der Waals surface area contributed by atoms with Crippen LogP contribution >= 0.6 is 11.3 Å². The van der Waals surface area contributed by atoms with Crippen LogP contribution < -0.4 is 11.1 Å². The van der Waals surface area contributed by atoms with Gasteiger partial charge in [0.1, 0.15) is 0 Å². The minimum Gasteiger partial charge on any atom is -0.375 e. The van der Waals surface area contributed by atoms with Gasteiger partial charge in [0.2, 0.25) is 5.91 Å². The summed E-state index contributed by atoms with van der Waals surface area (Å²) in [5.74, 6) is 0.577. The molecule has 0 aliphatic heterocycles. The van der Waals surface area contributed by atoms with Crippen molar-refractivity contribution in [3.05, 3.63) is 11.1 Å². The number of carbonyl (C=O) groups is 1. The van der Waals surface area contributed by atoms with Gasteiger partial charge in [-0.15, -0.1) is 11.3 Å². The number of hydrogen-bond acceptors (Lipinski definition) is 4. The number of hydrogen-bond donors (Lipinski definition) is 2. The molecule has 0 atom stereocenters. The average molecular weight is 267 g/mol. The third-order valence-corrected chi connectivity index (χ3v) is 5.46. The van der Waals surface area contributed by atoms with Gasteiger partial charge in [0, 0.05) is 11.9 Å². The van der Waals surface area contributed by atoms with Crippen LogP contribution in [0.25, 0.3) is 0 Å². The maximum Gasteiger partial charge on any atom is 0.226 e. The first kappa shape index (κ1) is 13.3. The van der Waals surface area contributed by atoms with Gasteiger partial charge in [0.25, 0.3) is 0 Å². The summed E-state index contributed by atoms with van der Waals surface area (Å²) in [6.07, 6.45) is 0.321. The van der Waals surface area contributed by atoms with Crippen molar-refractivity contribution in [3.63, 3.8) is 0 Å². The molecule has 0 spiro atoms. The minimum atomic E-state index is 0.0267. The number of nitrogens with zero attached hydrogens (tertiary/aromatic N) is 1. The van der Waals surface area contributed by atoms with Gasteiger partial charge in [-0.25, -0.2) is 4.98 Å². The SMILES string of the molecule is CC1(C)C(CNC(=O)Cc2csc(N)n2)C1(C)C. The summed E-state index contributed by atoms with van der Waals surface area (Å²) in [7, 11) is 0. The smallest absolute Gasteiger partial charge is 0.226 e. The molecule has 0 radical (unpaired) electrons. The highest BCUT2D eigenvalue weighted by molar-refractivity contribution is 7.13. The molecule has 5 heteroatoms. The van der Waals surface area contributed by atoms with E-state index in [-0.39, 0.29) is 5.91 Å². The molecular formula is C13H21N3OS. The molecule has 1 aromatic heterocycles. The Labute approximate surface area is 112 Å². The predicted molar refractivity (Wildman–Crippen MR) is 74.3 cm³/mol. The number of rotatable bonds is 4. The normalized spacial score (nSPS) is 20.7. The molecule has 1 heterocycles. The van der Waals surface area contributed by atoms with E-state index in [9.17, 15) is 4.79 Å². The lowest BCUT2D eigenvalue weighted by atomic mass is 10.0. The highest BCUT2D eigenvalue weighted by atomic mass is 32.1. The van der Waals surface area contributed by atoms with Crippen LogP contribution in [0.5, 0.6) is 0 Å². The molecule has 1 fully saturated rings. The van der Waals surface area contributed by atoms with Gasteiger partial charge in [0.05, 0.1) is 12.1 Å². The summed E-state index contributed by atoms with van der Waals surface area (Å²) in [4.78, 5) is 15.9. The predicted octanol–water partition coefficient (Wildman–Crippen LogP) is 2.07. The van der Waals surface area contributed by atoms with E-state index in [1.165, 1.54) is 11.3 Å². The Balaban J connectivity index is 1.80. The zero-order valence-corrected chi connectivity index (χ0v) is 12.2. The Morgan fingerprint density at radius 2 is 2.06 bits per heavy atom. The van der Waals surface area contributed by atoms with Gasteiger partial charge in [0.15, 0.2) is 5.13 Å². The number of amides is 1. The van der Waals surface area contributed by atoms with Crippen LogP contribution in [0.4, 0.5) is 5.13 Å². The molecule has 1 amide bonds. The van der Waals surface area contributed by atoms with Crippen molar-refractivity contribution < 1.29 is 4.79 Å². The monoisotopic (exact) mass is 267 g/mol. The lowest BCUT2D eigenvalue weighted by Gasteiger charge is -2.05. The van der Waals surface area contributed by atoms with Crippen molar-refractivity contribution in [1.82, 2.24) is 10.3 Å². The largest absolute Gasteiger partial charge is 0.375 e. The molecule has 2 rings (SSSR count). The average Bonchev–Trinajstić information content (AvgIpc) is 2.57. The number of nitrogen functional groups attached to an aromatic ring is 1. The molecule has 4 nitrogen and oxygen atoms in total. The maximum atomic E-state index is 11.8. The fourth-order valence-corrected chi connectivity index (χ4v) is 3.25. The van der Waals surface area contributed by atoms with Crippen molar-refractivity contribution >= 4 is 22.4 Å². The zero-order chi connectivity index (χ0) is 13.6. The highest BCUT2D eigenvalue weighted by Gasteiger charge is 2.64. The van der Waals surface area contributed by atoms with Crippen LogP contribution in [0.2, 0.25) is 0 Å². The third-order valence-electron chi connectivity index (χ3n) is 4.73. The number of carbonyl (C=O) groups excluding carboxylic acids is 1. The summed E-state index contributed by atoms with van der Waals surface area (Å²) in [5.41, 5.74) is 6.91. The van der Waals surface area contributed by atoms with Gasteiger partial charge in [-0.1, -0.05) is 27.7 Å². The van der Waals surface area contributed by atoms with Gasteiger partial charge >= 0.3 is 0 Å². The standard InChI is InChI=1S/C13H21N3OS/c1-12(2)9(13(12,3)4)6-15-10(17)5-8-7-18-11(14)16-8/h7,9H,5-6H2,1-4H3,(H2,14,16)(H,15,17). The summed E-state index contributed by atoms with van der Waals surface area (Å²) in [6, 6.07) is 0. The molecule has 1 saturated carbocycles. The van der Waals surface area contributed by atoms with Crippen LogP contribution in [0.3, 0.4) is 0 Å². The van der Waals surface area contributed by atoms with Crippen LogP contribution in [0, 0.1) is 16.7 Å². The second kappa shape index (κ2) is 4.23. The Morgan fingerprint density at radius 1 is 1.44 bits per heavy atom. The first-order valence-corrected chi connectivity index (χ1v) is 7.09. The van der Waals surface area contributed by atoms with Gasteiger partial charge in [-0.05, 0) is 16.7 Å². The number of anilines is 1. The Kier molecular flexibility index (Phi) is 3.13. The minimum absolute atomic E-state index is 0.0267. The van der Waals surface area contributed by atoms with E-state index in [4.69, 9.17) is 5.73 Å². The molecule has 3 N–H and O–H groups in total. The molecule has 1 aromatic rings.